The molecule has 1 aromatic carbocycles. The number of nitrogens with zero attached hydrogens (tertiary/aromatic N) is 3. The summed E-state index contributed by atoms with van der Waals surface area (Å²) in [5.74, 6) is 1.60. The highest BCUT2D eigenvalue weighted by atomic mass is 127. The van der Waals surface area contributed by atoms with Crippen LogP contribution in [-0.2, 0) is 6.54 Å². The number of ether oxygens (including phenoxy) is 1. The van der Waals surface area contributed by atoms with Gasteiger partial charge in [0.05, 0.1) is 12.7 Å². The second-order valence-corrected chi connectivity index (χ2v) is 6.15. The highest BCUT2D eigenvalue weighted by molar-refractivity contribution is 14.0. The number of guanidine groups is 1. The van der Waals surface area contributed by atoms with Crippen LogP contribution in [0.1, 0.15) is 13.3 Å². The molecule has 0 radical (unpaired) electrons. The van der Waals surface area contributed by atoms with Gasteiger partial charge in [-0.3, -0.25) is 9.98 Å². The minimum absolute atomic E-state index is 0. The lowest BCUT2D eigenvalue weighted by Crippen LogP contribution is -2.39. The Labute approximate surface area is 183 Å². The third-order valence-electron chi connectivity index (χ3n) is 4.15. The predicted molar refractivity (Wildman–Crippen MR) is 126 cm³/mol. The summed E-state index contributed by atoms with van der Waals surface area (Å²) in [5, 5.41) is 7.85. The summed E-state index contributed by atoms with van der Waals surface area (Å²) in [6, 6.07) is 14.4. The van der Waals surface area contributed by atoms with Gasteiger partial charge in [0.15, 0.2) is 5.96 Å². The number of para-hydroxylation sites is 1. The number of pyridine rings is 1. The molecule has 0 amide bonds. The van der Waals surface area contributed by atoms with Gasteiger partial charge in [-0.15, -0.1) is 24.0 Å². The van der Waals surface area contributed by atoms with Crippen LogP contribution < -0.4 is 15.4 Å². The minimum atomic E-state index is 0. The van der Waals surface area contributed by atoms with Crippen molar-refractivity contribution in [1.82, 2.24) is 20.2 Å². The maximum absolute atomic E-state index is 5.64. The SMILES string of the molecule is CCNC(=NCCCn1ccc2ccccc21)NCCOc1cccnc1.I. The predicted octanol–water partition coefficient (Wildman–Crippen LogP) is 3.68. The van der Waals surface area contributed by atoms with E-state index in [0.29, 0.717) is 13.2 Å². The largest absolute Gasteiger partial charge is 0.490 e. The molecule has 28 heavy (non-hydrogen) atoms. The van der Waals surface area contributed by atoms with E-state index in [2.05, 4.69) is 68.6 Å². The van der Waals surface area contributed by atoms with Crippen LogP contribution in [0, 0.1) is 0 Å². The van der Waals surface area contributed by atoms with Crippen LogP contribution in [0.2, 0.25) is 0 Å². The first-order valence-corrected chi connectivity index (χ1v) is 9.45. The van der Waals surface area contributed by atoms with Crippen molar-refractivity contribution < 1.29 is 4.74 Å². The molecular weight excluding hydrogens is 465 g/mol. The Morgan fingerprint density at radius 3 is 2.86 bits per heavy atom. The fourth-order valence-corrected chi connectivity index (χ4v) is 2.88. The maximum Gasteiger partial charge on any atom is 0.191 e. The average Bonchev–Trinajstić information content (AvgIpc) is 3.12. The van der Waals surface area contributed by atoms with Gasteiger partial charge >= 0.3 is 0 Å². The zero-order valence-electron chi connectivity index (χ0n) is 16.2. The number of hydrogen-bond acceptors (Lipinski definition) is 3. The molecule has 6 nitrogen and oxygen atoms in total. The van der Waals surface area contributed by atoms with Crippen LogP contribution in [0.3, 0.4) is 0 Å². The lowest BCUT2D eigenvalue weighted by Gasteiger charge is -2.12. The van der Waals surface area contributed by atoms with Gasteiger partial charge in [0.25, 0.3) is 0 Å². The molecule has 0 aliphatic rings. The van der Waals surface area contributed by atoms with E-state index in [4.69, 9.17) is 4.74 Å². The first-order chi connectivity index (χ1) is 13.4. The highest BCUT2D eigenvalue weighted by Crippen LogP contribution is 2.15. The van der Waals surface area contributed by atoms with Crippen molar-refractivity contribution in [1.29, 1.82) is 0 Å². The molecule has 2 aromatic heterocycles. The first kappa shape index (κ1) is 22.0. The Balaban J connectivity index is 0.00000280. The van der Waals surface area contributed by atoms with Gasteiger partial charge in [0.2, 0.25) is 0 Å². The van der Waals surface area contributed by atoms with Gasteiger partial charge < -0.3 is 19.9 Å². The molecule has 7 heteroatoms. The normalized spacial score (nSPS) is 11.1. The molecule has 0 saturated carbocycles. The summed E-state index contributed by atoms with van der Waals surface area (Å²) in [5.41, 5.74) is 1.28. The summed E-state index contributed by atoms with van der Waals surface area (Å²) in [4.78, 5) is 8.69. The second kappa shape index (κ2) is 12.2. The van der Waals surface area contributed by atoms with Gasteiger partial charge in [-0.25, -0.2) is 0 Å². The Kier molecular flexibility index (Phi) is 9.61. The topological polar surface area (TPSA) is 63.5 Å². The number of nitrogens with one attached hydrogen (secondary N) is 2. The van der Waals surface area contributed by atoms with Crippen molar-refractivity contribution in [3.8, 4) is 5.75 Å². The first-order valence-electron chi connectivity index (χ1n) is 9.45. The van der Waals surface area contributed by atoms with E-state index in [0.717, 1.165) is 37.8 Å². The molecule has 0 saturated heterocycles. The van der Waals surface area contributed by atoms with Crippen molar-refractivity contribution in [2.75, 3.05) is 26.2 Å². The number of rotatable bonds is 9. The quantitative estimate of drug-likeness (QED) is 0.207. The standard InChI is InChI=1S/C21H27N5O.HI/c1-2-23-21(25-13-16-27-19-8-5-11-22-17-19)24-12-6-14-26-15-10-18-7-3-4-9-20(18)26;/h3-5,7-11,15,17H,2,6,12-14,16H2,1H3,(H2,23,24,25);1H. The summed E-state index contributed by atoms with van der Waals surface area (Å²) < 4.78 is 7.92. The van der Waals surface area contributed by atoms with Gasteiger partial charge in [-0.1, -0.05) is 18.2 Å². The number of aliphatic imine (C=N–C) groups is 1. The third-order valence-corrected chi connectivity index (χ3v) is 4.15. The number of aryl methyl sites for hydroxylation is 1. The average molecular weight is 493 g/mol. The van der Waals surface area contributed by atoms with E-state index in [1.54, 1.807) is 12.4 Å². The van der Waals surface area contributed by atoms with E-state index in [9.17, 15) is 0 Å². The van der Waals surface area contributed by atoms with Crippen LogP contribution >= 0.6 is 24.0 Å². The second-order valence-electron chi connectivity index (χ2n) is 6.15. The lowest BCUT2D eigenvalue weighted by molar-refractivity contribution is 0.320. The minimum Gasteiger partial charge on any atom is -0.490 e. The van der Waals surface area contributed by atoms with Crippen LogP contribution in [0.25, 0.3) is 10.9 Å². The molecule has 150 valence electrons. The van der Waals surface area contributed by atoms with Crippen molar-refractivity contribution in [3.05, 3.63) is 61.1 Å². The Morgan fingerprint density at radius 1 is 1.14 bits per heavy atom. The number of fused-ring (bicyclic) bond motifs is 1. The molecule has 0 atom stereocenters. The Hall–Kier alpha value is -2.29. The molecule has 0 unspecified atom stereocenters. The van der Waals surface area contributed by atoms with Gasteiger partial charge in [-0.05, 0) is 43.0 Å². The zero-order chi connectivity index (χ0) is 18.7. The fourth-order valence-electron chi connectivity index (χ4n) is 2.88. The number of benzene rings is 1. The van der Waals surface area contributed by atoms with Crippen LogP contribution in [-0.4, -0.2) is 41.8 Å². The fraction of sp³-hybridized carbons (Fsp3) is 0.333. The van der Waals surface area contributed by atoms with E-state index < -0.39 is 0 Å². The van der Waals surface area contributed by atoms with Crippen molar-refractivity contribution in [3.63, 3.8) is 0 Å². The van der Waals surface area contributed by atoms with Gasteiger partial charge in [0.1, 0.15) is 12.4 Å². The number of aromatic nitrogens is 2. The van der Waals surface area contributed by atoms with Crippen LogP contribution in [0.5, 0.6) is 5.75 Å². The van der Waals surface area contributed by atoms with E-state index in [1.165, 1.54) is 10.9 Å². The molecule has 0 bridgehead atoms. The van der Waals surface area contributed by atoms with E-state index >= 15 is 0 Å². The molecule has 2 N–H and O–H groups in total. The van der Waals surface area contributed by atoms with Crippen molar-refractivity contribution in [2.24, 2.45) is 4.99 Å². The highest BCUT2D eigenvalue weighted by Gasteiger charge is 2.00. The van der Waals surface area contributed by atoms with Gasteiger partial charge in [0, 0.05) is 37.5 Å². The molecule has 2 heterocycles. The third kappa shape index (κ3) is 6.70. The van der Waals surface area contributed by atoms with Crippen molar-refractivity contribution >= 4 is 40.8 Å². The zero-order valence-corrected chi connectivity index (χ0v) is 18.5. The van der Waals surface area contributed by atoms with Gasteiger partial charge in [-0.2, -0.15) is 0 Å². The number of halogens is 1. The Bertz CT molecular complexity index is 850. The smallest absolute Gasteiger partial charge is 0.191 e. The molecule has 0 fully saturated rings. The van der Waals surface area contributed by atoms with Crippen molar-refractivity contribution in [2.45, 2.75) is 19.9 Å². The molecule has 0 spiro atoms. The van der Waals surface area contributed by atoms with E-state index in [-0.39, 0.29) is 24.0 Å². The van der Waals surface area contributed by atoms with E-state index in [1.807, 2.05) is 12.1 Å². The summed E-state index contributed by atoms with van der Waals surface area (Å²) >= 11 is 0. The number of hydrogen-bond donors (Lipinski definition) is 2. The summed E-state index contributed by atoms with van der Waals surface area (Å²) in [6.45, 7) is 5.87. The summed E-state index contributed by atoms with van der Waals surface area (Å²) in [6.07, 6.45) is 6.58. The monoisotopic (exact) mass is 493 g/mol. The van der Waals surface area contributed by atoms with Crippen LogP contribution in [0.15, 0.2) is 66.0 Å². The molecule has 0 aliphatic heterocycles. The summed E-state index contributed by atoms with van der Waals surface area (Å²) in [7, 11) is 0. The Morgan fingerprint density at radius 2 is 2.04 bits per heavy atom. The van der Waals surface area contributed by atoms with Crippen LogP contribution in [0.4, 0.5) is 0 Å². The molecule has 3 aromatic rings. The maximum atomic E-state index is 5.64. The molecule has 0 aliphatic carbocycles. The molecular formula is C21H28IN5O. The lowest BCUT2D eigenvalue weighted by atomic mass is 10.2. The molecule has 3 rings (SSSR count).